The molecule has 0 aliphatic heterocycles. The molecule has 0 unspecified atom stereocenters. The van der Waals surface area contributed by atoms with Crippen LogP contribution in [0.2, 0.25) is 0 Å². The Balaban J connectivity index is 1.68. The molecule has 1 saturated carbocycles. The number of hydrogen-bond acceptors (Lipinski definition) is 4. The SMILES string of the molecule is C[C@H]1C[C@@H]1C(=O)Nc1cccc(C(=O)Nc2cccc(NS(C)(=O)=O)c2)c1. The first-order chi connectivity index (χ1) is 12.7. The molecule has 0 spiro atoms. The van der Waals surface area contributed by atoms with Crippen LogP contribution in [-0.2, 0) is 14.8 Å². The van der Waals surface area contributed by atoms with Gasteiger partial charge >= 0.3 is 0 Å². The first-order valence-electron chi connectivity index (χ1n) is 8.51. The lowest BCUT2D eigenvalue weighted by molar-refractivity contribution is -0.117. The second kappa shape index (κ2) is 7.40. The number of benzene rings is 2. The van der Waals surface area contributed by atoms with Crippen molar-refractivity contribution in [2.45, 2.75) is 13.3 Å². The third-order valence-electron chi connectivity index (χ3n) is 4.26. The Hall–Kier alpha value is -2.87. The van der Waals surface area contributed by atoms with Crippen LogP contribution in [0.15, 0.2) is 48.5 Å². The van der Waals surface area contributed by atoms with Crippen LogP contribution in [0.25, 0.3) is 0 Å². The van der Waals surface area contributed by atoms with Gasteiger partial charge < -0.3 is 10.6 Å². The van der Waals surface area contributed by atoms with Gasteiger partial charge in [0.1, 0.15) is 0 Å². The Kier molecular flexibility index (Phi) is 5.18. The summed E-state index contributed by atoms with van der Waals surface area (Å²) in [5, 5.41) is 5.55. The van der Waals surface area contributed by atoms with Crippen molar-refractivity contribution in [3.05, 3.63) is 54.1 Å². The summed E-state index contributed by atoms with van der Waals surface area (Å²) in [6, 6.07) is 13.1. The van der Waals surface area contributed by atoms with Crippen molar-refractivity contribution in [2.24, 2.45) is 11.8 Å². The molecule has 0 bridgehead atoms. The summed E-state index contributed by atoms with van der Waals surface area (Å²) in [5.41, 5.74) is 1.77. The summed E-state index contributed by atoms with van der Waals surface area (Å²) < 4.78 is 25.0. The van der Waals surface area contributed by atoms with Crippen LogP contribution in [0.4, 0.5) is 17.1 Å². The monoisotopic (exact) mass is 387 g/mol. The fraction of sp³-hybridized carbons (Fsp3) is 0.263. The van der Waals surface area contributed by atoms with Crippen LogP contribution in [0, 0.1) is 11.8 Å². The zero-order valence-electron chi connectivity index (χ0n) is 15.0. The predicted molar refractivity (Wildman–Crippen MR) is 105 cm³/mol. The maximum absolute atomic E-state index is 12.5. The summed E-state index contributed by atoms with van der Waals surface area (Å²) in [4.78, 5) is 24.5. The smallest absolute Gasteiger partial charge is 0.255 e. The van der Waals surface area contributed by atoms with E-state index in [0.717, 1.165) is 12.7 Å². The summed E-state index contributed by atoms with van der Waals surface area (Å²) in [6.45, 7) is 2.03. The minimum Gasteiger partial charge on any atom is -0.326 e. The number of hydrogen-bond donors (Lipinski definition) is 3. The molecule has 27 heavy (non-hydrogen) atoms. The lowest BCUT2D eigenvalue weighted by atomic mass is 10.1. The molecule has 2 aromatic carbocycles. The highest BCUT2D eigenvalue weighted by Crippen LogP contribution is 2.38. The molecule has 2 amide bonds. The van der Waals surface area contributed by atoms with E-state index in [2.05, 4.69) is 15.4 Å². The van der Waals surface area contributed by atoms with E-state index < -0.39 is 10.0 Å². The summed E-state index contributed by atoms with van der Waals surface area (Å²) in [7, 11) is -3.40. The number of carbonyl (C=O) groups excluding carboxylic acids is 2. The summed E-state index contributed by atoms with van der Waals surface area (Å²) >= 11 is 0. The molecule has 0 radical (unpaired) electrons. The second-order valence-corrected chi connectivity index (χ2v) is 8.55. The largest absolute Gasteiger partial charge is 0.326 e. The van der Waals surface area contributed by atoms with Gasteiger partial charge in [0, 0.05) is 22.9 Å². The molecule has 1 fully saturated rings. The molecular weight excluding hydrogens is 366 g/mol. The molecule has 2 atom stereocenters. The molecule has 0 aromatic heterocycles. The van der Waals surface area contributed by atoms with Crippen LogP contribution in [0.5, 0.6) is 0 Å². The minimum atomic E-state index is -3.40. The number of nitrogens with one attached hydrogen (secondary N) is 3. The zero-order chi connectivity index (χ0) is 19.6. The van der Waals surface area contributed by atoms with Crippen molar-refractivity contribution < 1.29 is 18.0 Å². The molecule has 1 aliphatic rings. The lowest BCUT2D eigenvalue weighted by Crippen LogP contribution is -2.16. The van der Waals surface area contributed by atoms with Crippen molar-refractivity contribution in [3.8, 4) is 0 Å². The molecule has 7 nitrogen and oxygen atoms in total. The van der Waals surface area contributed by atoms with Crippen molar-refractivity contribution in [1.29, 1.82) is 0 Å². The molecular formula is C19H21N3O4S. The molecule has 0 saturated heterocycles. The van der Waals surface area contributed by atoms with Gasteiger partial charge in [-0.15, -0.1) is 0 Å². The first kappa shape index (κ1) is 18.9. The van der Waals surface area contributed by atoms with Gasteiger partial charge in [0.05, 0.1) is 11.9 Å². The van der Waals surface area contributed by atoms with E-state index >= 15 is 0 Å². The summed E-state index contributed by atoms with van der Waals surface area (Å²) in [5.74, 6) is 0.0684. The Bertz CT molecular complexity index is 988. The van der Waals surface area contributed by atoms with E-state index in [4.69, 9.17) is 0 Å². The average Bonchev–Trinajstić information content (AvgIpc) is 3.31. The van der Waals surface area contributed by atoms with Gasteiger partial charge in [-0.1, -0.05) is 19.1 Å². The highest BCUT2D eigenvalue weighted by atomic mass is 32.2. The van der Waals surface area contributed by atoms with Gasteiger partial charge in [-0.25, -0.2) is 8.42 Å². The van der Waals surface area contributed by atoms with E-state index in [1.165, 1.54) is 6.07 Å². The Labute approximate surface area is 158 Å². The minimum absolute atomic E-state index is 0.0281. The quantitative estimate of drug-likeness (QED) is 0.709. The van der Waals surface area contributed by atoms with Crippen LogP contribution in [-0.4, -0.2) is 26.5 Å². The maximum Gasteiger partial charge on any atom is 0.255 e. The number of anilines is 3. The number of carbonyl (C=O) groups is 2. The van der Waals surface area contributed by atoms with Crippen molar-refractivity contribution >= 4 is 38.9 Å². The number of sulfonamides is 1. The lowest BCUT2D eigenvalue weighted by Gasteiger charge is -2.10. The third kappa shape index (κ3) is 5.30. The van der Waals surface area contributed by atoms with Crippen molar-refractivity contribution in [3.63, 3.8) is 0 Å². The van der Waals surface area contributed by atoms with Crippen molar-refractivity contribution in [1.82, 2.24) is 0 Å². The Morgan fingerprint density at radius 3 is 2.19 bits per heavy atom. The third-order valence-corrected chi connectivity index (χ3v) is 4.87. The van der Waals surface area contributed by atoms with Crippen molar-refractivity contribution in [2.75, 3.05) is 21.6 Å². The number of amides is 2. The second-order valence-electron chi connectivity index (χ2n) is 6.80. The Morgan fingerprint density at radius 1 is 0.963 bits per heavy atom. The van der Waals surface area contributed by atoms with E-state index in [-0.39, 0.29) is 17.7 Å². The van der Waals surface area contributed by atoms with Gasteiger partial charge in [-0.3, -0.25) is 14.3 Å². The Morgan fingerprint density at radius 2 is 1.56 bits per heavy atom. The molecule has 3 N–H and O–H groups in total. The van der Waals surface area contributed by atoms with Crippen LogP contribution < -0.4 is 15.4 Å². The van der Waals surface area contributed by atoms with Crippen LogP contribution >= 0.6 is 0 Å². The predicted octanol–water partition coefficient (Wildman–Crippen LogP) is 2.90. The fourth-order valence-electron chi connectivity index (χ4n) is 2.74. The maximum atomic E-state index is 12.5. The van der Waals surface area contributed by atoms with Gasteiger partial charge in [0.15, 0.2) is 0 Å². The average molecular weight is 387 g/mol. The number of rotatable bonds is 6. The van der Waals surface area contributed by atoms with Crippen LogP contribution in [0.3, 0.4) is 0 Å². The highest BCUT2D eigenvalue weighted by Gasteiger charge is 2.39. The van der Waals surface area contributed by atoms with Gasteiger partial charge in [0.2, 0.25) is 15.9 Å². The van der Waals surface area contributed by atoms with Crippen LogP contribution in [0.1, 0.15) is 23.7 Å². The highest BCUT2D eigenvalue weighted by molar-refractivity contribution is 7.92. The molecule has 2 aromatic rings. The fourth-order valence-corrected chi connectivity index (χ4v) is 3.29. The van der Waals surface area contributed by atoms with Gasteiger partial charge in [0.25, 0.3) is 5.91 Å². The normalized spacial score (nSPS) is 18.4. The summed E-state index contributed by atoms with van der Waals surface area (Å²) in [6.07, 6.45) is 1.95. The standard InChI is InChI=1S/C19H21N3O4S/c1-12-9-17(12)19(24)21-14-6-3-5-13(10-14)18(23)20-15-7-4-8-16(11-15)22-27(2,25)26/h3-8,10-12,17,22H,9H2,1-2H3,(H,20,23)(H,21,24)/t12-,17-/m0/s1. The molecule has 1 aliphatic carbocycles. The molecule has 0 heterocycles. The first-order valence-corrected chi connectivity index (χ1v) is 10.4. The van der Waals surface area contributed by atoms with E-state index in [9.17, 15) is 18.0 Å². The van der Waals surface area contributed by atoms with Gasteiger partial charge in [-0.05, 0) is 48.7 Å². The topological polar surface area (TPSA) is 104 Å². The van der Waals surface area contributed by atoms with Gasteiger partial charge in [-0.2, -0.15) is 0 Å². The molecule has 8 heteroatoms. The van der Waals surface area contributed by atoms with E-state index in [1.54, 1.807) is 42.5 Å². The van der Waals surface area contributed by atoms with E-state index in [1.807, 2.05) is 6.92 Å². The van der Waals surface area contributed by atoms with E-state index in [0.29, 0.717) is 28.5 Å². The zero-order valence-corrected chi connectivity index (χ0v) is 15.8. The molecule has 142 valence electrons. The molecule has 3 rings (SSSR count).